The maximum atomic E-state index is 13.3. The van der Waals surface area contributed by atoms with E-state index >= 15 is 0 Å². The molecule has 234 valence electrons. The molecular weight excluding hydrogens is 573 g/mol. The van der Waals surface area contributed by atoms with Crippen molar-refractivity contribution < 1.29 is 46.9 Å². The van der Waals surface area contributed by atoms with E-state index in [-0.39, 0.29) is 50.4 Å². The third-order valence-electron chi connectivity index (χ3n) is 7.26. The van der Waals surface area contributed by atoms with Crippen LogP contribution < -0.4 is 24.8 Å². The average Bonchev–Trinajstić information content (AvgIpc) is 3.43. The van der Waals surface area contributed by atoms with Crippen LogP contribution in [0.1, 0.15) is 32.3 Å². The molecule has 0 fully saturated rings. The maximum absolute atomic E-state index is 13.3. The van der Waals surface area contributed by atoms with Crippen LogP contribution in [0.3, 0.4) is 0 Å². The number of alkyl halides is 3. The minimum Gasteiger partial charge on any atom is -0.488 e. The van der Waals surface area contributed by atoms with Gasteiger partial charge in [0.05, 0.1) is 32.0 Å². The van der Waals surface area contributed by atoms with Crippen LogP contribution in [0, 0.1) is 5.92 Å². The molecule has 0 radical (unpaired) electrons. The molecule has 43 heavy (non-hydrogen) atoms. The van der Waals surface area contributed by atoms with Gasteiger partial charge in [0.2, 0.25) is 18.6 Å². The van der Waals surface area contributed by atoms with E-state index in [9.17, 15) is 32.7 Å². The van der Waals surface area contributed by atoms with Gasteiger partial charge in [0.15, 0.2) is 11.5 Å². The monoisotopic (exact) mass is 608 g/mol. The molecule has 2 aliphatic rings. The Morgan fingerprint density at radius 1 is 1.09 bits per heavy atom. The van der Waals surface area contributed by atoms with Crippen molar-refractivity contribution >= 4 is 29.2 Å². The molecule has 2 aromatic rings. The largest absolute Gasteiger partial charge is 0.488 e. The first-order valence-corrected chi connectivity index (χ1v) is 13.8. The van der Waals surface area contributed by atoms with Crippen LogP contribution in [0.5, 0.6) is 17.2 Å². The number of fused-ring (bicyclic) bond motifs is 2. The fourth-order valence-electron chi connectivity index (χ4n) is 4.75. The van der Waals surface area contributed by atoms with Crippen molar-refractivity contribution in [3.8, 4) is 17.2 Å². The van der Waals surface area contributed by atoms with Crippen molar-refractivity contribution in [2.75, 3.05) is 44.2 Å². The zero-order valence-corrected chi connectivity index (χ0v) is 24.1. The molecule has 0 aliphatic carbocycles. The summed E-state index contributed by atoms with van der Waals surface area (Å²) in [5.41, 5.74) is 1.13. The van der Waals surface area contributed by atoms with Crippen LogP contribution in [0.4, 0.5) is 29.3 Å². The predicted molar refractivity (Wildman–Crippen MR) is 150 cm³/mol. The zero-order chi connectivity index (χ0) is 31.3. The van der Waals surface area contributed by atoms with Crippen molar-refractivity contribution in [3.05, 3.63) is 42.0 Å². The molecule has 2 aliphatic heterocycles. The van der Waals surface area contributed by atoms with E-state index in [0.717, 1.165) is 0 Å². The molecule has 0 saturated heterocycles. The van der Waals surface area contributed by atoms with Gasteiger partial charge in [-0.2, -0.15) is 13.2 Å². The standard InChI is InChI=1S/C29H35F3N4O7/c1-17-13-36(18(2)15-37)27(39)11-19-10-20(33-26(38)8-9-29(30,31)32)4-6-22(19)43-25(17)14-35(3)28(40)34-21-5-7-23-24(12-21)42-16-41-23/h4-7,10,12,17-18,25,37H,8-9,11,13-16H2,1-3H3,(H,33,38)(H,34,40)/t17-,18-,25-/m0/s1. The van der Waals surface area contributed by atoms with Gasteiger partial charge in [0.1, 0.15) is 11.9 Å². The number of halogens is 3. The first-order chi connectivity index (χ1) is 20.3. The number of anilines is 2. The number of amides is 4. The lowest BCUT2D eigenvalue weighted by Crippen LogP contribution is -2.48. The second-order valence-corrected chi connectivity index (χ2v) is 10.8. The highest BCUT2D eigenvalue weighted by atomic mass is 19.4. The predicted octanol–water partition coefficient (Wildman–Crippen LogP) is 4.01. The fraction of sp³-hybridized carbons (Fsp3) is 0.483. The molecule has 3 N–H and O–H groups in total. The number of urea groups is 1. The minimum absolute atomic E-state index is 0.103. The van der Waals surface area contributed by atoms with E-state index in [1.807, 2.05) is 6.92 Å². The van der Waals surface area contributed by atoms with E-state index in [2.05, 4.69) is 10.6 Å². The Balaban J connectivity index is 1.53. The number of aliphatic hydroxyl groups is 1. The normalized spacial score (nSPS) is 18.9. The molecule has 0 bridgehead atoms. The fourth-order valence-corrected chi connectivity index (χ4v) is 4.75. The van der Waals surface area contributed by atoms with Gasteiger partial charge in [-0.25, -0.2) is 4.79 Å². The number of aliphatic hydroxyl groups excluding tert-OH is 1. The second-order valence-electron chi connectivity index (χ2n) is 10.8. The number of carbonyl (C=O) groups excluding carboxylic acids is 3. The summed E-state index contributed by atoms with van der Waals surface area (Å²) in [4.78, 5) is 41.5. The smallest absolute Gasteiger partial charge is 0.389 e. The van der Waals surface area contributed by atoms with Crippen LogP contribution >= 0.6 is 0 Å². The van der Waals surface area contributed by atoms with Crippen molar-refractivity contribution in [2.24, 2.45) is 5.92 Å². The first kappa shape index (κ1) is 31.7. The number of benzene rings is 2. The van der Waals surface area contributed by atoms with Crippen molar-refractivity contribution in [3.63, 3.8) is 0 Å². The summed E-state index contributed by atoms with van der Waals surface area (Å²) in [5, 5.41) is 15.1. The van der Waals surface area contributed by atoms with Gasteiger partial charge in [0.25, 0.3) is 0 Å². The van der Waals surface area contributed by atoms with Crippen LogP contribution in [-0.2, 0) is 16.0 Å². The number of rotatable bonds is 8. The average molecular weight is 609 g/mol. The van der Waals surface area contributed by atoms with Crippen LogP contribution in [0.15, 0.2) is 36.4 Å². The van der Waals surface area contributed by atoms with E-state index < -0.39 is 43.1 Å². The van der Waals surface area contributed by atoms with Crippen LogP contribution in [0.2, 0.25) is 0 Å². The van der Waals surface area contributed by atoms with E-state index in [1.54, 1.807) is 38.2 Å². The first-order valence-electron chi connectivity index (χ1n) is 13.8. The van der Waals surface area contributed by atoms with Gasteiger partial charge in [0, 0.05) is 48.9 Å². The van der Waals surface area contributed by atoms with Crippen molar-refractivity contribution in [2.45, 2.75) is 51.4 Å². The SMILES string of the molecule is C[C@H]1CN([C@@H](C)CO)C(=O)Cc2cc(NC(=O)CCC(F)(F)F)ccc2O[C@H]1CN(C)C(=O)Nc1ccc2c(c1)OCO2. The molecule has 2 aromatic carbocycles. The molecule has 4 rings (SSSR count). The van der Waals surface area contributed by atoms with E-state index in [1.165, 1.54) is 21.9 Å². The van der Waals surface area contributed by atoms with Crippen molar-refractivity contribution in [1.29, 1.82) is 0 Å². The Bertz CT molecular complexity index is 1340. The lowest BCUT2D eigenvalue weighted by atomic mass is 10.0. The van der Waals surface area contributed by atoms with Crippen LogP contribution in [-0.4, -0.2) is 84.6 Å². The summed E-state index contributed by atoms with van der Waals surface area (Å²) >= 11 is 0. The lowest BCUT2D eigenvalue weighted by molar-refractivity contribution is -0.142. The van der Waals surface area contributed by atoms with Gasteiger partial charge in [-0.05, 0) is 37.3 Å². The third-order valence-corrected chi connectivity index (χ3v) is 7.26. The Hall–Kier alpha value is -4.20. The summed E-state index contributed by atoms with van der Waals surface area (Å²) in [6.45, 7) is 3.77. The maximum Gasteiger partial charge on any atom is 0.389 e. The van der Waals surface area contributed by atoms with Gasteiger partial charge < -0.3 is 39.8 Å². The van der Waals surface area contributed by atoms with E-state index in [4.69, 9.17) is 14.2 Å². The highest BCUT2D eigenvalue weighted by Crippen LogP contribution is 2.34. The quantitative estimate of drug-likeness (QED) is 0.413. The Labute approximate surface area is 246 Å². The Morgan fingerprint density at radius 3 is 2.47 bits per heavy atom. The number of hydrogen-bond donors (Lipinski definition) is 3. The second kappa shape index (κ2) is 13.4. The molecular formula is C29H35F3N4O7. The third kappa shape index (κ3) is 8.43. The Kier molecular flexibility index (Phi) is 9.89. The zero-order valence-electron chi connectivity index (χ0n) is 24.1. The van der Waals surface area contributed by atoms with Gasteiger partial charge in [-0.1, -0.05) is 6.92 Å². The Morgan fingerprint density at radius 2 is 1.77 bits per heavy atom. The van der Waals surface area contributed by atoms with Crippen molar-refractivity contribution in [1.82, 2.24) is 9.80 Å². The number of carbonyl (C=O) groups is 3. The summed E-state index contributed by atoms with van der Waals surface area (Å²) in [6, 6.07) is 8.63. The minimum atomic E-state index is -4.46. The number of ether oxygens (including phenoxy) is 3. The lowest BCUT2D eigenvalue weighted by Gasteiger charge is -2.34. The number of nitrogens with one attached hydrogen (secondary N) is 2. The summed E-state index contributed by atoms with van der Waals surface area (Å²) in [5.74, 6) is 0.0353. The summed E-state index contributed by atoms with van der Waals surface area (Å²) < 4.78 is 54.7. The van der Waals surface area contributed by atoms with Crippen LogP contribution in [0.25, 0.3) is 0 Å². The molecule has 0 unspecified atom stereocenters. The highest BCUT2D eigenvalue weighted by molar-refractivity contribution is 5.91. The number of likely N-dealkylation sites (N-methyl/N-ethyl adjacent to an activating group) is 1. The van der Waals surface area contributed by atoms with E-state index in [0.29, 0.717) is 28.5 Å². The molecule has 3 atom stereocenters. The highest BCUT2D eigenvalue weighted by Gasteiger charge is 2.32. The number of hydrogen-bond acceptors (Lipinski definition) is 7. The molecule has 11 nitrogen and oxygen atoms in total. The summed E-state index contributed by atoms with van der Waals surface area (Å²) in [6.07, 6.45) is -7.19. The molecule has 14 heteroatoms. The molecule has 0 saturated carbocycles. The van der Waals surface area contributed by atoms with Gasteiger partial charge in [-0.3, -0.25) is 9.59 Å². The van der Waals surface area contributed by atoms with Gasteiger partial charge in [-0.15, -0.1) is 0 Å². The molecule has 0 aromatic heterocycles. The summed E-state index contributed by atoms with van der Waals surface area (Å²) in [7, 11) is 1.60. The van der Waals surface area contributed by atoms with Gasteiger partial charge >= 0.3 is 12.2 Å². The molecule has 4 amide bonds. The molecule has 0 spiro atoms. The molecule has 2 heterocycles. The topological polar surface area (TPSA) is 130 Å². The number of nitrogens with zero attached hydrogens (tertiary/aromatic N) is 2.